The number of rotatable bonds is 6. The van der Waals surface area contributed by atoms with Crippen LogP contribution in [0.3, 0.4) is 0 Å². The minimum Gasteiger partial charge on any atom is -0.492 e. The molecule has 20 heavy (non-hydrogen) atoms. The number of carbonyl (C=O) groups excluding carboxylic acids is 2. The van der Waals surface area contributed by atoms with Crippen LogP contribution < -0.4 is 10.1 Å². The molecule has 1 fully saturated rings. The van der Waals surface area contributed by atoms with Crippen LogP contribution in [0.4, 0.5) is 4.79 Å². The van der Waals surface area contributed by atoms with Crippen molar-refractivity contribution in [1.29, 1.82) is 0 Å². The van der Waals surface area contributed by atoms with E-state index >= 15 is 0 Å². The molecule has 1 atom stereocenters. The first-order chi connectivity index (χ1) is 9.61. The van der Waals surface area contributed by atoms with Crippen LogP contribution in [0.1, 0.15) is 25.3 Å². The van der Waals surface area contributed by atoms with Crippen LogP contribution in [0, 0.1) is 6.92 Å². The van der Waals surface area contributed by atoms with Gasteiger partial charge in [0, 0.05) is 0 Å². The predicted molar refractivity (Wildman–Crippen MR) is 75.6 cm³/mol. The highest BCUT2D eigenvalue weighted by molar-refractivity contribution is 6.04. The Morgan fingerprint density at radius 3 is 2.60 bits per heavy atom. The van der Waals surface area contributed by atoms with Gasteiger partial charge in [-0.3, -0.25) is 9.69 Å². The lowest BCUT2D eigenvalue weighted by atomic mass is 10.2. The first-order valence-corrected chi connectivity index (χ1v) is 6.93. The van der Waals surface area contributed by atoms with Crippen molar-refractivity contribution in [2.45, 2.75) is 32.7 Å². The standard InChI is InChI=1S/C15H20N2O3/c1-3-4-13-14(18)17(15(19)16-13)9-10-20-12-7-5-11(2)6-8-12/h5-8,13H,3-4,9-10H2,1-2H3,(H,16,19). The third-order valence-electron chi connectivity index (χ3n) is 3.29. The zero-order valence-corrected chi connectivity index (χ0v) is 11.9. The molecule has 1 heterocycles. The summed E-state index contributed by atoms with van der Waals surface area (Å²) in [5, 5.41) is 2.69. The second kappa shape index (κ2) is 6.41. The van der Waals surface area contributed by atoms with E-state index in [4.69, 9.17) is 4.74 Å². The topological polar surface area (TPSA) is 58.6 Å². The normalized spacial score (nSPS) is 18.3. The summed E-state index contributed by atoms with van der Waals surface area (Å²) < 4.78 is 5.54. The SMILES string of the molecule is CCCC1NC(=O)N(CCOc2ccc(C)cc2)C1=O. The van der Waals surface area contributed by atoms with Gasteiger partial charge in [0.05, 0.1) is 6.54 Å². The molecule has 1 N–H and O–H groups in total. The van der Waals surface area contributed by atoms with E-state index in [1.165, 1.54) is 4.90 Å². The van der Waals surface area contributed by atoms with Crippen LogP contribution in [0.5, 0.6) is 5.75 Å². The van der Waals surface area contributed by atoms with Crippen LogP contribution in [-0.2, 0) is 4.79 Å². The number of benzene rings is 1. The number of hydrogen-bond acceptors (Lipinski definition) is 3. The predicted octanol–water partition coefficient (Wildman–Crippen LogP) is 2.09. The number of urea groups is 1. The number of carbonyl (C=O) groups is 2. The number of nitrogens with one attached hydrogen (secondary N) is 1. The molecule has 0 radical (unpaired) electrons. The van der Waals surface area contributed by atoms with Crippen LogP contribution in [0.2, 0.25) is 0 Å². The van der Waals surface area contributed by atoms with Crippen molar-refractivity contribution in [3.63, 3.8) is 0 Å². The Hall–Kier alpha value is -2.04. The molecule has 1 aliphatic rings. The van der Waals surface area contributed by atoms with Gasteiger partial charge in [0.2, 0.25) is 0 Å². The molecule has 5 nitrogen and oxygen atoms in total. The maximum absolute atomic E-state index is 12.0. The summed E-state index contributed by atoms with van der Waals surface area (Å²) in [6.07, 6.45) is 1.55. The van der Waals surface area contributed by atoms with Gasteiger partial charge in [-0.25, -0.2) is 4.79 Å². The summed E-state index contributed by atoms with van der Waals surface area (Å²) in [4.78, 5) is 24.9. The van der Waals surface area contributed by atoms with E-state index < -0.39 is 0 Å². The lowest BCUT2D eigenvalue weighted by Crippen LogP contribution is -2.35. The Morgan fingerprint density at radius 1 is 1.25 bits per heavy atom. The summed E-state index contributed by atoms with van der Waals surface area (Å²) >= 11 is 0. The van der Waals surface area contributed by atoms with Crippen LogP contribution in [0.15, 0.2) is 24.3 Å². The first kappa shape index (κ1) is 14.4. The highest BCUT2D eigenvalue weighted by Crippen LogP contribution is 2.13. The lowest BCUT2D eigenvalue weighted by Gasteiger charge is -2.13. The largest absolute Gasteiger partial charge is 0.492 e. The number of hydrogen-bond donors (Lipinski definition) is 1. The molecular weight excluding hydrogens is 256 g/mol. The van der Waals surface area contributed by atoms with E-state index in [0.717, 1.165) is 17.7 Å². The maximum atomic E-state index is 12.0. The second-order valence-electron chi connectivity index (χ2n) is 4.94. The summed E-state index contributed by atoms with van der Waals surface area (Å²) in [6, 6.07) is 6.98. The van der Waals surface area contributed by atoms with Gasteiger partial charge in [0.1, 0.15) is 18.4 Å². The minimum atomic E-state index is -0.369. The molecule has 1 aromatic carbocycles. The number of nitrogens with zero attached hydrogens (tertiary/aromatic N) is 1. The molecule has 0 aromatic heterocycles. The van der Waals surface area contributed by atoms with E-state index in [0.29, 0.717) is 13.0 Å². The molecular formula is C15H20N2O3. The van der Waals surface area contributed by atoms with E-state index in [9.17, 15) is 9.59 Å². The Bertz CT molecular complexity index is 484. The van der Waals surface area contributed by atoms with Gasteiger partial charge >= 0.3 is 6.03 Å². The molecule has 0 spiro atoms. The molecule has 3 amide bonds. The Kier molecular flexibility index (Phi) is 4.61. The molecule has 0 bridgehead atoms. The van der Waals surface area contributed by atoms with Gasteiger partial charge in [-0.15, -0.1) is 0 Å². The van der Waals surface area contributed by atoms with Crippen LogP contribution >= 0.6 is 0 Å². The number of amides is 3. The quantitative estimate of drug-likeness (QED) is 0.809. The molecule has 108 valence electrons. The third-order valence-corrected chi connectivity index (χ3v) is 3.29. The van der Waals surface area contributed by atoms with Crippen molar-refractivity contribution in [1.82, 2.24) is 10.2 Å². The van der Waals surface area contributed by atoms with Gasteiger partial charge in [0.25, 0.3) is 5.91 Å². The molecule has 1 aliphatic heterocycles. The van der Waals surface area contributed by atoms with Gasteiger partial charge in [-0.05, 0) is 25.5 Å². The fraction of sp³-hybridized carbons (Fsp3) is 0.467. The summed E-state index contributed by atoms with van der Waals surface area (Å²) in [5.41, 5.74) is 1.16. The molecule has 5 heteroatoms. The molecule has 0 saturated carbocycles. The molecule has 1 unspecified atom stereocenters. The van der Waals surface area contributed by atoms with Crippen molar-refractivity contribution < 1.29 is 14.3 Å². The van der Waals surface area contributed by atoms with E-state index in [1.54, 1.807) is 0 Å². The average molecular weight is 276 g/mol. The fourth-order valence-corrected chi connectivity index (χ4v) is 2.16. The lowest BCUT2D eigenvalue weighted by molar-refractivity contribution is -0.127. The average Bonchev–Trinajstić information content (AvgIpc) is 2.69. The van der Waals surface area contributed by atoms with Gasteiger partial charge < -0.3 is 10.1 Å². The zero-order chi connectivity index (χ0) is 14.5. The summed E-state index contributed by atoms with van der Waals surface area (Å²) in [6.45, 7) is 4.58. The van der Waals surface area contributed by atoms with E-state index in [2.05, 4.69) is 5.32 Å². The first-order valence-electron chi connectivity index (χ1n) is 6.93. The molecule has 1 aromatic rings. The second-order valence-corrected chi connectivity index (χ2v) is 4.94. The van der Waals surface area contributed by atoms with E-state index in [1.807, 2.05) is 38.1 Å². The van der Waals surface area contributed by atoms with Crippen molar-refractivity contribution in [2.24, 2.45) is 0 Å². The smallest absolute Gasteiger partial charge is 0.324 e. The molecule has 0 aliphatic carbocycles. The molecule has 2 rings (SSSR count). The highest BCUT2D eigenvalue weighted by atomic mass is 16.5. The highest BCUT2D eigenvalue weighted by Gasteiger charge is 2.36. The van der Waals surface area contributed by atoms with Gasteiger partial charge in [-0.1, -0.05) is 31.0 Å². The number of imide groups is 1. The van der Waals surface area contributed by atoms with Crippen molar-refractivity contribution in [2.75, 3.05) is 13.2 Å². The zero-order valence-electron chi connectivity index (χ0n) is 11.9. The Balaban J connectivity index is 1.83. The number of aryl methyl sites for hydroxylation is 1. The summed E-state index contributed by atoms with van der Waals surface area (Å²) in [5.74, 6) is 0.595. The van der Waals surface area contributed by atoms with Crippen molar-refractivity contribution >= 4 is 11.9 Å². The minimum absolute atomic E-state index is 0.149. The fourth-order valence-electron chi connectivity index (χ4n) is 2.16. The van der Waals surface area contributed by atoms with Gasteiger partial charge in [-0.2, -0.15) is 0 Å². The Morgan fingerprint density at radius 2 is 1.95 bits per heavy atom. The maximum Gasteiger partial charge on any atom is 0.324 e. The van der Waals surface area contributed by atoms with Crippen molar-refractivity contribution in [3.8, 4) is 5.75 Å². The monoisotopic (exact) mass is 276 g/mol. The van der Waals surface area contributed by atoms with E-state index in [-0.39, 0.29) is 24.5 Å². The van der Waals surface area contributed by atoms with Crippen LogP contribution in [-0.4, -0.2) is 36.0 Å². The third kappa shape index (κ3) is 3.29. The Labute approximate surface area is 118 Å². The number of ether oxygens (including phenoxy) is 1. The van der Waals surface area contributed by atoms with Crippen LogP contribution in [0.25, 0.3) is 0 Å². The molecule has 1 saturated heterocycles. The summed E-state index contributed by atoms with van der Waals surface area (Å²) in [7, 11) is 0. The van der Waals surface area contributed by atoms with Gasteiger partial charge in [0.15, 0.2) is 0 Å². The van der Waals surface area contributed by atoms with Crippen molar-refractivity contribution in [3.05, 3.63) is 29.8 Å².